The number of amidine groups is 2. The number of esters is 1. The number of nitrogens with two attached hydrogens (primary N) is 1. The van der Waals surface area contributed by atoms with Crippen LogP contribution in [-0.2, 0) is 14.3 Å². The number of carbonyl (C=O) groups is 2. The number of aromatic nitrogens is 4. The number of hydrogen-bond donors (Lipinski definition) is 5. The second-order valence-electron chi connectivity index (χ2n) is 8.65. The minimum Gasteiger partial charge on any atom is -0.466 e. The van der Waals surface area contributed by atoms with Crippen molar-refractivity contribution in [3.63, 3.8) is 0 Å². The summed E-state index contributed by atoms with van der Waals surface area (Å²) >= 11 is 8.48. The summed E-state index contributed by atoms with van der Waals surface area (Å²) in [5.41, 5.74) is 9.94. The van der Waals surface area contributed by atoms with E-state index < -0.39 is 17.5 Å². The fourth-order valence-electron chi connectivity index (χ4n) is 3.18. The van der Waals surface area contributed by atoms with E-state index >= 15 is 0 Å². The van der Waals surface area contributed by atoms with Crippen molar-refractivity contribution in [3.05, 3.63) is 68.4 Å². The zero-order valence-corrected chi connectivity index (χ0v) is 29.3. The summed E-state index contributed by atoms with van der Waals surface area (Å²) in [6.45, 7) is 2.05. The number of carbonyl (C=O) groups excluding carboxylic acids is 2. The third-order valence-electron chi connectivity index (χ3n) is 5.30. The van der Waals surface area contributed by atoms with Gasteiger partial charge in [-0.1, -0.05) is 23.5 Å². The van der Waals surface area contributed by atoms with Crippen LogP contribution in [-0.4, -0.2) is 72.7 Å². The Balaban J connectivity index is 0.000000261. The normalized spacial score (nSPS) is 11.5. The van der Waals surface area contributed by atoms with Gasteiger partial charge in [-0.3, -0.25) is 31.0 Å². The van der Waals surface area contributed by atoms with Crippen molar-refractivity contribution < 1.29 is 42.8 Å². The number of primary amides is 1. The molecule has 0 aliphatic rings. The zero-order chi connectivity index (χ0) is 35.1. The van der Waals surface area contributed by atoms with Crippen LogP contribution in [0.3, 0.4) is 0 Å². The van der Waals surface area contributed by atoms with Crippen molar-refractivity contribution in [2.45, 2.75) is 29.8 Å². The predicted octanol–water partition coefficient (Wildman–Crippen LogP) is 5.07. The number of halogens is 4. The number of nitrogens with zero attached hydrogens (tertiary/aromatic N) is 6. The second-order valence-corrected chi connectivity index (χ2v) is 12.5. The van der Waals surface area contributed by atoms with E-state index in [0.717, 1.165) is 0 Å². The van der Waals surface area contributed by atoms with Crippen molar-refractivity contribution in [2.24, 2.45) is 15.7 Å². The molecule has 0 spiro atoms. The van der Waals surface area contributed by atoms with Crippen LogP contribution >= 0.6 is 55.4 Å². The van der Waals surface area contributed by atoms with Crippen molar-refractivity contribution >= 4 is 90.3 Å². The van der Waals surface area contributed by atoms with Crippen LogP contribution in [0.1, 0.15) is 31.2 Å². The Bertz CT molecular complexity index is 1760. The fourth-order valence-corrected chi connectivity index (χ4v) is 5.59. The molecule has 0 radical (unpaired) electrons. The van der Waals surface area contributed by atoms with Crippen LogP contribution in [0.5, 0.6) is 0 Å². The lowest BCUT2D eigenvalue weighted by Crippen LogP contribution is -2.21. The third-order valence-corrected chi connectivity index (χ3v) is 8.42. The number of rotatable bonds is 13. The van der Waals surface area contributed by atoms with Crippen LogP contribution in [0.15, 0.2) is 74.6 Å². The minimum atomic E-state index is -0.444. The van der Waals surface area contributed by atoms with E-state index in [-0.39, 0.29) is 50.8 Å². The Hall–Kier alpha value is -3.96. The van der Waals surface area contributed by atoms with Crippen LogP contribution < -0.4 is 16.7 Å². The number of amides is 1. The molecule has 0 unspecified atom stereocenters. The molecule has 4 aromatic rings. The summed E-state index contributed by atoms with van der Waals surface area (Å²) in [7, 11) is 0. The number of benzene rings is 2. The van der Waals surface area contributed by atoms with Gasteiger partial charge in [0.2, 0.25) is 5.91 Å². The molecule has 0 atom stereocenters. The van der Waals surface area contributed by atoms with Gasteiger partial charge in [0.15, 0.2) is 33.1 Å². The average Bonchev–Trinajstić information content (AvgIpc) is 3.72. The summed E-state index contributed by atoms with van der Waals surface area (Å²) in [5, 5.41) is 34.0. The first-order valence-corrected chi connectivity index (χ1v) is 16.8. The van der Waals surface area contributed by atoms with E-state index in [1.807, 2.05) is 11.0 Å². The molecule has 6 N–H and O–H groups in total. The number of nitrogens with one attached hydrogen (secondary N) is 2. The van der Waals surface area contributed by atoms with Gasteiger partial charge in [-0.25, -0.2) is 28.0 Å². The molecule has 0 aliphatic carbocycles. The molecule has 0 aliphatic heterocycles. The highest BCUT2D eigenvalue weighted by Gasteiger charge is 2.19. The highest BCUT2D eigenvalue weighted by molar-refractivity contribution is 9.10. The number of thioether (sulfide) groups is 2. The molecule has 256 valence electrons. The van der Waals surface area contributed by atoms with Gasteiger partial charge < -0.3 is 10.5 Å². The quantitative estimate of drug-likeness (QED) is 0.0389. The van der Waals surface area contributed by atoms with Crippen LogP contribution in [0.2, 0.25) is 0 Å². The zero-order valence-electron chi connectivity index (χ0n) is 24.5. The van der Waals surface area contributed by atoms with Crippen molar-refractivity contribution in [2.75, 3.05) is 18.1 Å². The van der Waals surface area contributed by atoms with Gasteiger partial charge in [-0.15, -0.1) is 0 Å². The summed E-state index contributed by atoms with van der Waals surface area (Å²) in [6.07, 6.45) is 0.343. The third kappa shape index (κ3) is 11.9. The molecule has 22 heteroatoms. The molecular formula is C26H25Br2F2N9O7S2. The Morgan fingerprint density at radius 1 is 0.854 bits per heavy atom. The van der Waals surface area contributed by atoms with E-state index in [4.69, 9.17) is 10.5 Å². The van der Waals surface area contributed by atoms with Gasteiger partial charge >= 0.3 is 5.97 Å². The first-order valence-electron chi connectivity index (χ1n) is 13.3. The average molecular weight is 837 g/mol. The molecule has 16 nitrogen and oxygen atoms in total. The highest BCUT2D eigenvalue weighted by atomic mass is 79.9. The molecule has 0 saturated heterocycles. The van der Waals surface area contributed by atoms with Crippen LogP contribution in [0, 0.1) is 11.6 Å². The first kappa shape index (κ1) is 38.5. The SMILES string of the molecule is CCOC(=O)CCSc1nonc1C(=Nc1ccc(F)c(Br)c1)NO.NC(=O)CCSc1nonc1C(=Nc1ccc(F)c(Br)c1)NO. The molecule has 0 saturated carbocycles. The lowest BCUT2D eigenvalue weighted by atomic mass is 10.3. The largest absolute Gasteiger partial charge is 0.466 e. The Kier molecular flexibility index (Phi) is 15.8. The molecule has 1 amide bonds. The summed E-state index contributed by atoms with van der Waals surface area (Å²) in [5.74, 6) is -0.939. The number of hydrogen-bond acceptors (Lipinski definition) is 15. The van der Waals surface area contributed by atoms with Crippen molar-refractivity contribution in [3.8, 4) is 0 Å². The van der Waals surface area contributed by atoms with Gasteiger partial charge in [0.05, 0.1) is 33.3 Å². The topological polar surface area (TPSA) is 236 Å². The molecule has 0 bridgehead atoms. The van der Waals surface area contributed by atoms with E-state index in [1.165, 1.54) is 59.9 Å². The smallest absolute Gasteiger partial charge is 0.306 e. The van der Waals surface area contributed by atoms with Crippen LogP contribution in [0.25, 0.3) is 0 Å². The van der Waals surface area contributed by atoms with Gasteiger partial charge in [0.25, 0.3) is 0 Å². The van der Waals surface area contributed by atoms with Crippen LogP contribution in [0.4, 0.5) is 20.2 Å². The van der Waals surface area contributed by atoms with E-state index in [9.17, 15) is 28.8 Å². The molecule has 4 rings (SSSR count). The highest BCUT2D eigenvalue weighted by Crippen LogP contribution is 2.26. The number of ether oxygens (including phenoxy) is 1. The Morgan fingerprint density at radius 3 is 1.71 bits per heavy atom. The van der Waals surface area contributed by atoms with Gasteiger partial charge in [0, 0.05) is 17.9 Å². The second kappa shape index (κ2) is 19.8. The maximum absolute atomic E-state index is 13.3. The maximum Gasteiger partial charge on any atom is 0.306 e. The number of aliphatic imine (C=N–C) groups is 2. The summed E-state index contributed by atoms with van der Waals surface area (Å²) in [6, 6.07) is 8.17. The molecule has 2 heterocycles. The molecule has 2 aromatic carbocycles. The predicted molar refractivity (Wildman–Crippen MR) is 176 cm³/mol. The van der Waals surface area contributed by atoms with Gasteiger partial charge in [0.1, 0.15) is 11.6 Å². The lowest BCUT2D eigenvalue weighted by molar-refractivity contribution is -0.142. The minimum absolute atomic E-state index is 0.0293. The number of hydroxylamine groups is 2. The monoisotopic (exact) mass is 835 g/mol. The molecule has 48 heavy (non-hydrogen) atoms. The fraction of sp³-hybridized carbons (Fsp3) is 0.231. The Labute approximate surface area is 295 Å². The molecule has 0 fully saturated rings. The summed E-state index contributed by atoms with van der Waals surface area (Å²) in [4.78, 5) is 30.3. The van der Waals surface area contributed by atoms with E-state index in [2.05, 4.69) is 71.7 Å². The first-order chi connectivity index (χ1) is 23.1. The van der Waals surface area contributed by atoms with Gasteiger partial charge in [-0.05, 0) is 95.8 Å². The standard InChI is InChI=1S/C14H14BrFN4O4S.C12H11BrFN5O3S/c1-2-23-11(21)5-6-25-14-12(19-24-20-14)13(18-22)17-8-3-4-10(16)9(15)7-8;13-7-5-6(1-2-8(7)14)16-11(17-21)10-12(19-22-18-10)23-4-3-9(15)20/h3-4,7,22H,2,5-6H2,1H3,(H,17,18);1-2,5,21H,3-4H2,(H2,15,20)(H,16,17). The summed E-state index contributed by atoms with van der Waals surface area (Å²) < 4.78 is 41.1. The molecular weight excluding hydrogens is 812 g/mol. The Morgan fingerprint density at radius 2 is 1.31 bits per heavy atom. The lowest BCUT2D eigenvalue weighted by Gasteiger charge is -2.04. The maximum atomic E-state index is 13.3. The van der Waals surface area contributed by atoms with Gasteiger partial charge in [-0.2, -0.15) is 0 Å². The molecule has 2 aromatic heterocycles. The van der Waals surface area contributed by atoms with E-state index in [1.54, 1.807) is 6.92 Å². The van der Waals surface area contributed by atoms with Crippen molar-refractivity contribution in [1.82, 2.24) is 31.6 Å². The van der Waals surface area contributed by atoms with Crippen molar-refractivity contribution in [1.29, 1.82) is 0 Å². The van der Waals surface area contributed by atoms with E-state index in [0.29, 0.717) is 39.5 Å².